The highest BCUT2D eigenvalue weighted by Crippen LogP contribution is 2.07. The predicted octanol–water partition coefficient (Wildman–Crippen LogP) is -0.261. The fourth-order valence-corrected chi connectivity index (χ4v) is 3.28. The molecule has 122 valence electrons. The van der Waals surface area contributed by atoms with Crippen molar-refractivity contribution in [3.05, 3.63) is 0 Å². The number of sulfonamides is 1. The van der Waals surface area contributed by atoms with Crippen molar-refractivity contribution >= 4 is 21.8 Å². The monoisotopic (exact) mass is 319 g/mol. The van der Waals surface area contributed by atoms with Gasteiger partial charge in [-0.15, -0.1) is 0 Å². The van der Waals surface area contributed by atoms with Crippen LogP contribution in [0, 0.1) is 0 Å². The highest BCUT2D eigenvalue weighted by Gasteiger charge is 2.23. The van der Waals surface area contributed by atoms with E-state index >= 15 is 0 Å². The van der Waals surface area contributed by atoms with Crippen LogP contribution >= 0.6 is 0 Å². The van der Waals surface area contributed by atoms with Crippen molar-refractivity contribution in [2.75, 3.05) is 45.5 Å². The van der Waals surface area contributed by atoms with Gasteiger partial charge in [-0.3, -0.25) is 9.59 Å². The Hall–Kier alpha value is -1.15. The molecule has 1 saturated heterocycles. The van der Waals surface area contributed by atoms with Crippen LogP contribution in [-0.2, 0) is 19.6 Å². The van der Waals surface area contributed by atoms with Crippen molar-refractivity contribution < 1.29 is 18.0 Å². The predicted molar refractivity (Wildman–Crippen MR) is 80.2 cm³/mol. The summed E-state index contributed by atoms with van der Waals surface area (Å²) in [5.74, 6) is -0.0312. The van der Waals surface area contributed by atoms with Gasteiger partial charge in [0, 0.05) is 52.6 Å². The van der Waals surface area contributed by atoms with Gasteiger partial charge in [-0.05, 0) is 6.42 Å². The lowest BCUT2D eigenvalue weighted by Crippen LogP contribution is -2.50. The van der Waals surface area contributed by atoms with Crippen LogP contribution in [0.5, 0.6) is 0 Å². The van der Waals surface area contributed by atoms with E-state index in [-0.39, 0.29) is 24.8 Å². The van der Waals surface area contributed by atoms with Crippen LogP contribution in [0.1, 0.15) is 26.7 Å². The maximum Gasteiger partial charge on any atom is 0.224 e. The molecular formula is C13H25N3O4S. The van der Waals surface area contributed by atoms with Crippen molar-refractivity contribution in [2.45, 2.75) is 26.7 Å². The lowest BCUT2D eigenvalue weighted by Gasteiger charge is -2.34. The third-order valence-electron chi connectivity index (χ3n) is 3.59. The van der Waals surface area contributed by atoms with Gasteiger partial charge in [0.1, 0.15) is 0 Å². The first-order valence-electron chi connectivity index (χ1n) is 7.24. The number of carbonyl (C=O) groups excluding carboxylic acids is 2. The molecular weight excluding hydrogens is 294 g/mol. The number of hydrogen-bond donors (Lipinski definition) is 0. The first kappa shape index (κ1) is 17.9. The first-order valence-corrected chi connectivity index (χ1v) is 9.09. The molecule has 0 unspecified atom stereocenters. The molecule has 8 heteroatoms. The highest BCUT2D eigenvalue weighted by molar-refractivity contribution is 7.88. The minimum absolute atomic E-state index is 0.0216. The summed E-state index contributed by atoms with van der Waals surface area (Å²) in [5, 5.41) is 0. The van der Waals surface area contributed by atoms with Crippen LogP contribution in [0.15, 0.2) is 0 Å². The Balaban J connectivity index is 2.45. The summed E-state index contributed by atoms with van der Waals surface area (Å²) in [4.78, 5) is 26.7. The zero-order valence-corrected chi connectivity index (χ0v) is 13.9. The average Bonchev–Trinajstić information content (AvgIpc) is 2.42. The third-order valence-corrected chi connectivity index (χ3v) is 4.90. The number of piperazine rings is 1. The maximum atomic E-state index is 12.1. The van der Waals surface area contributed by atoms with Crippen LogP contribution in [0.25, 0.3) is 0 Å². The summed E-state index contributed by atoms with van der Waals surface area (Å²) >= 11 is 0. The largest absolute Gasteiger partial charge is 0.339 e. The van der Waals surface area contributed by atoms with Crippen molar-refractivity contribution in [3.8, 4) is 0 Å². The summed E-state index contributed by atoms with van der Waals surface area (Å²) in [5.41, 5.74) is 0. The normalized spacial score (nSPS) is 16.4. The van der Waals surface area contributed by atoms with E-state index in [2.05, 4.69) is 0 Å². The molecule has 7 nitrogen and oxygen atoms in total. The fourth-order valence-electron chi connectivity index (χ4n) is 2.34. The van der Waals surface area contributed by atoms with Crippen LogP contribution < -0.4 is 0 Å². The molecule has 0 aromatic heterocycles. The molecule has 0 spiro atoms. The van der Waals surface area contributed by atoms with Crippen molar-refractivity contribution in [1.29, 1.82) is 0 Å². The molecule has 0 saturated carbocycles. The van der Waals surface area contributed by atoms with Gasteiger partial charge in [0.25, 0.3) is 0 Å². The number of amides is 2. The number of carbonyl (C=O) groups is 2. The summed E-state index contributed by atoms with van der Waals surface area (Å²) in [7, 11) is -3.26. The molecule has 0 atom stereocenters. The average molecular weight is 319 g/mol. The fraction of sp³-hybridized carbons (Fsp3) is 0.846. The second-order valence-corrected chi connectivity index (χ2v) is 7.28. The van der Waals surface area contributed by atoms with Crippen LogP contribution in [0.2, 0.25) is 0 Å². The van der Waals surface area contributed by atoms with E-state index in [1.165, 1.54) is 17.5 Å². The molecule has 0 aromatic rings. The molecule has 1 aliphatic heterocycles. The molecule has 0 bridgehead atoms. The van der Waals surface area contributed by atoms with Crippen molar-refractivity contribution in [1.82, 2.24) is 14.1 Å². The Kier molecular flexibility index (Phi) is 6.60. The Morgan fingerprint density at radius 2 is 1.57 bits per heavy atom. The molecule has 1 rings (SSSR count). The Morgan fingerprint density at radius 3 is 2.00 bits per heavy atom. The summed E-state index contributed by atoms with van der Waals surface area (Å²) in [6.07, 6.45) is 2.07. The van der Waals surface area contributed by atoms with Gasteiger partial charge < -0.3 is 9.80 Å². The third kappa shape index (κ3) is 5.62. The van der Waals surface area contributed by atoms with Crippen LogP contribution in [-0.4, -0.2) is 79.9 Å². The minimum Gasteiger partial charge on any atom is -0.339 e. The topological polar surface area (TPSA) is 78.0 Å². The molecule has 0 aromatic carbocycles. The lowest BCUT2D eigenvalue weighted by atomic mass is 10.2. The number of nitrogens with zero attached hydrogens (tertiary/aromatic N) is 3. The number of hydrogen-bond acceptors (Lipinski definition) is 4. The Morgan fingerprint density at radius 1 is 1.05 bits per heavy atom. The Labute approximate surface area is 126 Å². The number of rotatable bonds is 6. The molecule has 1 heterocycles. The van der Waals surface area contributed by atoms with Gasteiger partial charge in [-0.25, -0.2) is 12.7 Å². The van der Waals surface area contributed by atoms with E-state index in [9.17, 15) is 18.0 Å². The van der Waals surface area contributed by atoms with E-state index in [1.807, 2.05) is 6.92 Å². The molecule has 0 N–H and O–H groups in total. The SMILES string of the molecule is CCCN(CCC(=O)N1CCN(C(C)=O)CC1)S(C)(=O)=O. The van der Waals surface area contributed by atoms with E-state index in [0.29, 0.717) is 32.7 Å². The Bertz CT molecular complexity index is 470. The van der Waals surface area contributed by atoms with Gasteiger partial charge in [0.05, 0.1) is 6.26 Å². The van der Waals surface area contributed by atoms with Gasteiger partial charge in [0.2, 0.25) is 21.8 Å². The molecule has 21 heavy (non-hydrogen) atoms. The second kappa shape index (κ2) is 7.74. The van der Waals surface area contributed by atoms with Gasteiger partial charge in [-0.2, -0.15) is 0 Å². The molecule has 1 aliphatic rings. The quantitative estimate of drug-likeness (QED) is 0.676. The standard InChI is InChI=1S/C13H25N3O4S/c1-4-6-16(21(3,19)20)7-5-13(18)15-10-8-14(9-11-15)12(2)17/h4-11H2,1-3H3. The van der Waals surface area contributed by atoms with Gasteiger partial charge in [0.15, 0.2) is 0 Å². The van der Waals surface area contributed by atoms with E-state index in [1.54, 1.807) is 9.80 Å². The van der Waals surface area contributed by atoms with Crippen LogP contribution in [0.3, 0.4) is 0 Å². The van der Waals surface area contributed by atoms with Crippen LogP contribution in [0.4, 0.5) is 0 Å². The van der Waals surface area contributed by atoms with Gasteiger partial charge >= 0.3 is 0 Å². The highest BCUT2D eigenvalue weighted by atomic mass is 32.2. The first-order chi connectivity index (χ1) is 9.75. The maximum absolute atomic E-state index is 12.1. The van der Waals surface area contributed by atoms with E-state index < -0.39 is 10.0 Å². The van der Waals surface area contributed by atoms with Gasteiger partial charge in [-0.1, -0.05) is 6.92 Å². The summed E-state index contributed by atoms with van der Waals surface area (Å²) in [6.45, 7) is 6.21. The zero-order valence-electron chi connectivity index (χ0n) is 13.0. The summed E-state index contributed by atoms with van der Waals surface area (Å²) < 4.78 is 24.5. The minimum atomic E-state index is -3.26. The van der Waals surface area contributed by atoms with E-state index in [4.69, 9.17) is 0 Å². The molecule has 1 fully saturated rings. The zero-order chi connectivity index (χ0) is 16.0. The second-order valence-electron chi connectivity index (χ2n) is 5.30. The van der Waals surface area contributed by atoms with E-state index in [0.717, 1.165) is 6.42 Å². The molecule has 0 aliphatic carbocycles. The molecule has 2 amide bonds. The van der Waals surface area contributed by atoms with Crippen molar-refractivity contribution in [3.63, 3.8) is 0 Å². The smallest absolute Gasteiger partial charge is 0.224 e. The molecule has 0 radical (unpaired) electrons. The summed E-state index contributed by atoms with van der Waals surface area (Å²) in [6, 6.07) is 0. The lowest BCUT2D eigenvalue weighted by molar-refractivity contribution is -0.138. The van der Waals surface area contributed by atoms with Crippen molar-refractivity contribution in [2.24, 2.45) is 0 Å².